The fourth-order valence-electron chi connectivity index (χ4n) is 5.26. The Bertz CT molecular complexity index is 1710. The average molecular weight is 577 g/mol. The zero-order chi connectivity index (χ0) is 29.4. The Kier molecular flexibility index (Phi) is 7.15. The number of aromatic amines is 1. The highest BCUT2D eigenvalue weighted by atomic mass is 19.2. The van der Waals surface area contributed by atoms with Crippen molar-refractivity contribution in [3.63, 3.8) is 0 Å². The summed E-state index contributed by atoms with van der Waals surface area (Å²) in [5, 5.41) is 2.47. The predicted octanol–water partition coefficient (Wildman–Crippen LogP) is 4.80. The number of amides is 3. The van der Waals surface area contributed by atoms with Gasteiger partial charge in [-0.05, 0) is 41.5 Å². The number of aromatic nitrogens is 3. The maximum absolute atomic E-state index is 14.0. The van der Waals surface area contributed by atoms with Crippen LogP contribution in [0.4, 0.5) is 24.3 Å². The summed E-state index contributed by atoms with van der Waals surface area (Å²) < 4.78 is 38.2. The van der Waals surface area contributed by atoms with Crippen LogP contribution >= 0.6 is 0 Å². The highest BCUT2D eigenvalue weighted by Gasteiger charge is 2.35. The molecular weight excluding hydrogens is 550 g/mol. The number of nitrogens with one attached hydrogen (secondary N) is 2. The molecule has 4 aromatic rings. The normalized spacial score (nSPS) is 16.9. The standard InChI is InChI=1S/C29H26F2N6O5/c1-41-28(39)35-27-33-23-12-18(14-32-26(23)34-27)16-3-5-25-19(10-16)15-36(8-9-42-25)29(40)37-7-6-20(38)13-24(37)17-2-4-21(30)22(31)11-17/h2-5,10-12,14,24H,6-9,13,15H2,1H3,(H2,32,33,34,35,39). The molecule has 2 N–H and O–H groups in total. The van der Waals surface area contributed by atoms with E-state index in [4.69, 9.17) is 4.74 Å². The number of urea groups is 1. The Balaban J connectivity index is 1.25. The SMILES string of the molecule is COC(=O)Nc1nc2ncc(-c3ccc4c(c3)CN(C(=O)N3CCC(=O)CC3c3ccc(F)c(F)c3)CCO4)cc2[nH]1. The maximum Gasteiger partial charge on any atom is 0.413 e. The largest absolute Gasteiger partial charge is 0.491 e. The van der Waals surface area contributed by atoms with Gasteiger partial charge in [-0.25, -0.2) is 23.4 Å². The van der Waals surface area contributed by atoms with Gasteiger partial charge in [0.15, 0.2) is 17.3 Å². The first-order chi connectivity index (χ1) is 20.3. The lowest BCUT2D eigenvalue weighted by Crippen LogP contribution is -2.48. The highest BCUT2D eigenvalue weighted by molar-refractivity contribution is 5.86. The van der Waals surface area contributed by atoms with Crippen LogP contribution in [-0.2, 0) is 16.1 Å². The van der Waals surface area contributed by atoms with Gasteiger partial charge in [0.2, 0.25) is 5.95 Å². The summed E-state index contributed by atoms with van der Waals surface area (Å²) in [6, 6.07) is 9.94. The van der Waals surface area contributed by atoms with Gasteiger partial charge in [0, 0.05) is 36.7 Å². The van der Waals surface area contributed by atoms with Gasteiger partial charge in [0.1, 0.15) is 18.1 Å². The van der Waals surface area contributed by atoms with Gasteiger partial charge in [-0.15, -0.1) is 0 Å². The van der Waals surface area contributed by atoms with E-state index < -0.39 is 23.8 Å². The van der Waals surface area contributed by atoms with Gasteiger partial charge < -0.3 is 24.3 Å². The molecule has 11 nitrogen and oxygen atoms in total. The molecular formula is C29H26F2N6O5. The van der Waals surface area contributed by atoms with Gasteiger partial charge in [-0.3, -0.25) is 10.1 Å². The molecule has 13 heteroatoms. The lowest BCUT2D eigenvalue weighted by molar-refractivity contribution is -0.122. The van der Waals surface area contributed by atoms with Crippen LogP contribution in [0.1, 0.15) is 30.0 Å². The minimum Gasteiger partial charge on any atom is -0.491 e. The summed E-state index contributed by atoms with van der Waals surface area (Å²) in [6.45, 7) is 0.978. The molecule has 2 aromatic carbocycles. The molecule has 1 unspecified atom stereocenters. The molecule has 3 amide bonds. The summed E-state index contributed by atoms with van der Waals surface area (Å²) in [7, 11) is 1.25. The first-order valence-corrected chi connectivity index (χ1v) is 13.3. The Morgan fingerprint density at radius 2 is 1.95 bits per heavy atom. The fourth-order valence-corrected chi connectivity index (χ4v) is 5.26. The second-order valence-electron chi connectivity index (χ2n) is 10.0. The van der Waals surface area contributed by atoms with Crippen molar-refractivity contribution in [3.8, 4) is 16.9 Å². The molecule has 0 spiro atoms. The van der Waals surface area contributed by atoms with E-state index in [1.807, 2.05) is 24.3 Å². The van der Waals surface area contributed by atoms with Crippen LogP contribution in [0, 0.1) is 11.6 Å². The van der Waals surface area contributed by atoms with Crippen LogP contribution in [0.2, 0.25) is 0 Å². The van der Waals surface area contributed by atoms with Crippen LogP contribution in [0.15, 0.2) is 48.7 Å². The molecule has 1 saturated heterocycles. The number of methoxy groups -OCH3 is 1. The highest BCUT2D eigenvalue weighted by Crippen LogP contribution is 2.34. The van der Waals surface area contributed by atoms with Crippen LogP contribution in [0.3, 0.4) is 0 Å². The molecule has 2 aromatic heterocycles. The van der Waals surface area contributed by atoms with Crippen molar-refractivity contribution >= 4 is 35.0 Å². The van der Waals surface area contributed by atoms with Gasteiger partial charge >= 0.3 is 12.1 Å². The second-order valence-corrected chi connectivity index (χ2v) is 10.0. The molecule has 4 heterocycles. The van der Waals surface area contributed by atoms with E-state index in [1.54, 1.807) is 16.0 Å². The Morgan fingerprint density at radius 1 is 1.10 bits per heavy atom. The number of halogens is 2. The number of Topliss-reactive ketones (excluding diaryl/α,β-unsaturated/α-hetero) is 1. The van der Waals surface area contributed by atoms with E-state index in [-0.39, 0.29) is 50.3 Å². The van der Waals surface area contributed by atoms with Crippen molar-refractivity contribution in [1.82, 2.24) is 24.8 Å². The number of anilines is 1. The number of rotatable bonds is 3. The summed E-state index contributed by atoms with van der Waals surface area (Å²) >= 11 is 0. The van der Waals surface area contributed by atoms with Gasteiger partial charge in [-0.1, -0.05) is 12.1 Å². The first kappa shape index (κ1) is 27.1. The van der Waals surface area contributed by atoms with Crippen molar-refractivity contribution < 1.29 is 32.6 Å². The number of pyridine rings is 1. The molecule has 1 fully saturated rings. The van der Waals surface area contributed by atoms with Crippen LogP contribution in [0.5, 0.6) is 5.75 Å². The monoisotopic (exact) mass is 576 g/mol. The molecule has 0 bridgehead atoms. The molecule has 2 aliphatic heterocycles. The average Bonchev–Trinajstić information content (AvgIpc) is 3.26. The quantitative estimate of drug-likeness (QED) is 0.358. The number of likely N-dealkylation sites (tertiary alicyclic amines) is 1. The molecule has 42 heavy (non-hydrogen) atoms. The number of carbonyl (C=O) groups is 3. The van der Waals surface area contributed by atoms with Gasteiger partial charge in [-0.2, -0.15) is 4.98 Å². The molecule has 0 aliphatic carbocycles. The topological polar surface area (TPSA) is 130 Å². The molecule has 216 valence electrons. The number of nitrogens with zero attached hydrogens (tertiary/aromatic N) is 4. The number of ketones is 1. The van der Waals surface area contributed by atoms with Crippen molar-refractivity contribution in [1.29, 1.82) is 0 Å². The number of piperidine rings is 1. The molecule has 6 rings (SSSR count). The van der Waals surface area contributed by atoms with Crippen molar-refractivity contribution in [3.05, 3.63) is 71.4 Å². The summed E-state index contributed by atoms with van der Waals surface area (Å²) in [6.07, 6.45) is 1.22. The number of ether oxygens (including phenoxy) is 2. The number of hydrogen-bond donors (Lipinski definition) is 2. The number of benzene rings is 2. The molecule has 1 atom stereocenters. The lowest BCUT2D eigenvalue weighted by Gasteiger charge is -2.38. The zero-order valence-electron chi connectivity index (χ0n) is 22.5. The molecule has 0 saturated carbocycles. The minimum atomic E-state index is -1.03. The van der Waals surface area contributed by atoms with Crippen molar-refractivity contribution in [2.75, 3.05) is 32.1 Å². The van der Waals surface area contributed by atoms with E-state index in [0.717, 1.165) is 28.8 Å². The Morgan fingerprint density at radius 3 is 2.76 bits per heavy atom. The number of carbonyl (C=O) groups excluding carboxylic acids is 3. The Hall–Kier alpha value is -5.07. The number of imidazole rings is 1. The Labute approximate surface area is 238 Å². The number of H-pyrrole nitrogens is 1. The van der Waals surface area contributed by atoms with Gasteiger partial charge in [0.25, 0.3) is 0 Å². The van der Waals surface area contributed by atoms with Crippen LogP contribution in [0.25, 0.3) is 22.3 Å². The predicted molar refractivity (Wildman–Crippen MR) is 147 cm³/mol. The molecule has 0 radical (unpaired) electrons. The van der Waals surface area contributed by atoms with Crippen LogP contribution in [-0.4, -0.2) is 69.5 Å². The minimum absolute atomic E-state index is 0.0296. The van der Waals surface area contributed by atoms with E-state index in [2.05, 4.69) is 25.0 Å². The van der Waals surface area contributed by atoms with E-state index in [9.17, 15) is 23.2 Å². The van der Waals surface area contributed by atoms with E-state index in [1.165, 1.54) is 13.2 Å². The zero-order valence-corrected chi connectivity index (χ0v) is 22.5. The van der Waals surface area contributed by atoms with Gasteiger partial charge in [0.05, 0.1) is 31.8 Å². The second kappa shape index (κ2) is 11.1. The third-order valence-electron chi connectivity index (χ3n) is 7.39. The summed E-state index contributed by atoms with van der Waals surface area (Å²) in [4.78, 5) is 52.4. The van der Waals surface area contributed by atoms with E-state index >= 15 is 0 Å². The number of hydrogen-bond acceptors (Lipinski definition) is 7. The maximum atomic E-state index is 14.0. The third kappa shape index (κ3) is 5.32. The molecule has 2 aliphatic rings. The summed E-state index contributed by atoms with van der Waals surface area (Å²) in [5.41, 5.74) is 3.75. The third-order valence-corrected chi connectivity index (χ3v) is 7.39. The fraction of sp³-hybridized carbons (Fsp3) is 0.276. The van der Waals surface area contributed by atoms with Crippen molar-refractivity contribution in [2.24, 2.45) is 0 Å². The van der Waals surface area contributed by atoms with Crippen molar-refractivity contribution in [2.45, 2.75) is 25.4 Å². The summed E-state index contributed by atoms with van der Waals surface area (Å²) in [5.74, 6) is -1.22. The first-order valence-electron chi connectivity index (χ1n) is 13.3. The van der Waals surface area contributed by atoms with Crippen LogP contribution < -0.4 is 10.1 Å². The lowest BCUT2D eigenvalue weighted by atomic mass is 9.94. The smallest absolute Gasteiger partial charge is 0.413 e. The number of fused-ring (bicyclic) bond motifs is 2. The van der Waals surface area contributed by atoms with E-state index in [0.29, 0.717) is 29.0 Å².